The summed E-state index contributed by atoms with van der Waals surface area (Å²) in [6, 6.07) is 0. The number of halogens is 1. The van der Waals surface area contributed by atoms with Crippen LogP contribution in [0.5, 0.6) is 0 Å². The van der Waals surface area contributed by atoms with Gasteiger partial charge in [0.2, 0.25) is 0 Å². The van der Waals surface area contributed by atoms with E-state index in [0.29, 0.717) is 6.61 Å². The van der Waals surface area contributed by atoms with Crippen molar-refractivity contribution in [1.29, 1.82) is 0 Å². The summed E-state index contributed by atoms with van der Waals surface area (Å²) >= 11 is 0. The van der Waals surface area contributed by atoms with Gasteiger partial charge in [0, 0.05) is 0 Å². The number of hydrogen-bond donors (Lipinski definition) is 1. The van der Waals surface area contributed by atoms with Gasteiger partial charge in [-0.05, 0) is 135 Å². The van der Waals surface area contributed by atoms with Gasteiger partial charge in [-0.25, -0.2) is 0 Å². The maximum absolute atomic E-state index is 10.3. The third-order valence-corrected chi connectivity index (χ3v) is 12.1. The standard InChI is InChI=1S/C56H104NO.ClH/c1-4-7-10-13-16-19-22-25-28-31-34-37-40-43-46-49-52-57(55-56-58,53-50-47-44-41-38-35-32-29-26-23-20-17-14-11-8-5-2)54-51-48-45-42-39-36-33-30-27-24-21-18-15-12-9-6-3;/h16-21,25-30,58H,4-15,22-24,31-56H2,1-3H3;1H/q+1;/p-1/b19-16-,20-17-,21-18?,28-25-,29-26-,30-27?;. The van der Waals surface area contributed by atoms with Crippen LogP contribution in [0.1, 0.15) is 252 Å². The fourth-order valence-electron chi connectivity index (χ4n) is 8.19. The SMILES string of the molecule is CCCCCC=CCC=CCCCCCCCC[N+](CCO)(CCCCCCCC/C=C\C/C=C\CCCCC)CCCCCCCC/C=C\C/C=C\CCCCC.[Cl-]. The van der Waals surface area contributed by atoms with Crippen LogP contribution >= 0.6 is 0 Å². The molecule has 0 atom stereocenters. The molecule has 0 aromatic carbocycles. The summed E-state index contributed by atoms with van der Waals surface area (Å²) in [4.78, 5) is 0. The Kier molecular flexibility index (Phi) is 53.5. The molecule has 0 amide bonds. The quantitative estimate of drug-likeness (QED) is 0.0368. The van der Waals surface area contributed by atoms with E-state index in [9.17, 15) is 5.11 Å². The maximum Gasteiger partial charge on any atom is 0.102 e. The third-order valence-electron chi connectivity index (χ3n) is 12.1. The van der Waals surface area contributed by atoms with Crippen molar-refractivity contribution in [2.45, 2.75) is 252 Å². The molecule has 346 valence electrons. The molecule has 0 fully saturated rings. The lowest BCUT2D eigenvalue weighted by Crippen LogP contribution is -3.00. The molecule has 3 heteroatoms. The first-order chi connectivity index (χ1) is 28.7. The molecule has 59 heavy (non-hydrogen) atoms. The minimum absolute atomic E-state index is 0. The number of hydrogen-bond acceptors (Lipinski definition) is 1. The lowest BCUT2D eigenvalue weighted by molar-refractivity contribution is -0.929. The molecule has 0 saturated heterocycles. The second-order valence-electron chi connectivity index (χ2n) is 17.7. The van der Waals surface area contributed by atoms with Crippen LogP contribution in [-0.4, -0.2) is 42.4 Å². The third kappa shape index (κ3) is 47.6. The largest absolute Gasteiger partial charge is 1.00 e. The normalized spacial score (nSPS) is 12.6. The highest BCUT2D eigenvalue weighted by molar-refractivity contribution is 4.94. The first kappa shape index (κ1) is 59.7. The molecule has 0 radical (unpaired) electrons. The summed E-state index contributed by atoms with van der Waals surface area (Å²) in [5.74, 6) is 0. The van der Waals surface area contributed by atoms with Gasteiger partial charge in [0.15, 0.2) is 0 Å². The zero-order valence-corrected chi connectivity index (χ0v) is 40.9. The van der Waals surface area contributed by atoms with Crippen molar-refractivity contribution in [2.24, 2.45) is 0 Å². The molecule has 2 nitrogen and oxygen atoms in total. The Morgan fingerprint density at radius 1 is 0.271 bits per heavy atom. The van der Waals surface area contributed by atoms with Crippen LogP contribution < -0.4 is 12.4 Å². The summed E-state index contributed by atoms with van der Waals surface area (Å²) in [5, 5.41) is 10.3. The van der Waals surface area contributed by atoms with E-state index in [1.54, 1.807) is 0 Å². The molecule has 0 unspecified atom stereocenters. The van der Waals surface area contributed by atoms with Crippen LogP contribution in [0.25, 0.3) is 0 Å². The number of aliphatic hydroxyl groups excluding tert-OH is 1. The van der Waals surface area contributed by atoms with Crippen molar-refractivity contribution in [1.82, 2.24) is 0 Å². The monoisotopic (exact) mass is 842 g/mol. The van der Waals surface area contributed by atoms with Gasteiger partial charge in [-0.3, -0.25) is 0 Å². The van der Waals surface area contributed by atoms with Gasteiger partial charge in [0.1, 0.15) is 6.54 Å². The fraction of sp³-hybridized carbons (Fsp3) is 0.786. The van der Waals surface area contributed by atoms with E-state index >= 15 is 0 Å². The summed E-state index contributed by atoms with van der Waals surface area (Å²) in [6.45, 7) is 11.9. The average molecular weight is 843 g/mol. The van der Waals surface area contributed by atoms with Gasteiger partial charge in [0.05, 0.1) is 26.2 Å². The molecule has 0 aliphatic carbocycles. The van der Waals surface area contributed by atoms with Crippen molar-refractivity contribution in [3.05, 3.63) is 72.9 Å². The van der Waals surface area contributed by atoms with Gasteiger partial charge in [-0.1, -0.05) is 190 Å². The molecule has 0 rings (SSSR count). The van der Waals surface area contributed by atoms with Crippen molar-refractivity contribution >= 4 is 0 Å². The van der Waals surface area contributed by atoms with Gasteiger partial charge >= 0.3 is 0 Å². The predicted octanol–water partition coefficient (Wildman–Crippen LogP) is 15.2. The van der Waals surface area contributed by atoms with Crippen molar-refractivity contribution in [2.75, 3.05) is 32.8 Å². The van der Waals surface area contributed by atoms with Crippen LogP contribution in [-0.2, 0) is 0 Å². The fourth-order valence-corrected chi connectivity index (χ4v) is 8.19. The van der Waals surface area contributed by atoms with Crippen LogP contribution in [0.15, 0.2) is 72.9 Å². The molecule has 0 bridgehead atoms. The van der Waals surface area contributed by atoms with Crippen molar-refractivity contribution < 1.29 is 22.0 Å². The second kappa shape index (κ2) is 52.8. The summed E-state index contributed by atoms with van der Waals surface area (Å²) in [6.07, 6.45) is 75.6. The Morgan fingerprint density at radius 3 is 0.729 bits per heavy atom. The zero-order chi connectivity index (χ0) is 42.0. The van der Waals surface area contributed by atoms with E-state index in [2.05, 4.69) is 93.7 Å². The topological polar surface area (TPSA) is 20.2 Å². The molecular formula is C56H104ClNO. The summed E-state index contributed by atoms with van der Waals surface area (Å²) in [5.41, 5.74) is 0. The van der Waals surface area contributed by atoms with Gasteiger partial charge in [-0.2, -0.15) is 0 Å². The second-order valence-corrected chi connectivity index (χ2v) is 17.7. The molecule has 0 aromatic heterocycles. The molecule has 0 aliphatic rings. The number of unbranched alkanes of at least 4 members (excludes halogenated alkanes) is 27. The Bertz CT molecular complexity index is 844. The highest BCUT2D eigenvalue weighted by Crippen LogP contribution is 2.19. The van der Waals surface area contributed by atoms with E-state index in [4.69, 9.17) is 0 Å². The van der Waals surface area contributed by atoms with Crippen LogP contribution in [0.2, 0.25) is 0 Å². The molecule has 1 N–H and O–H groups in total. The molecule has 0 saturated carbocycles. The van der Waals surface area contributed by atoms with Crippen molar-refractivity contribution in [3.8, 4) is 0 Å². The number of allylic oxidation sites excluding steroid dienone is 12. The zero-order valence-electron chi connectivity index (χ0n) is 40.2. The number of rotatable bonds is 47. The van der Waals surface area contributed by atoms with E-state index in [0.717, 1.165) is 25.8 Å². The highest BCUT2D eigenvalue weighted by atomic mass is 35.5. The van der Waals surface area contributed by atoms with Gasteiger partial charge < -0.3 is 22.0 Å². The Balaban J connectivity index is 0. The minimum Gasteiger partial charge on any atom is -1.00 e. The Labute approximate surface area is 378 Å². The predicted molar refractivity (Wildman–Crippen MR) is 265 cm³/mol. The summed E-state index contributed by atoms with van der Waals surface area (Å²) < 4.78 is 1.17. The van der Waals surface area contributed by atoms with Crippen LogP contribution in [0, 0.1) is 0 Å². The molecule has 0 heterocycles. The van der Waals surface area contributed by atoms with Crippen molar-refractivity contribution in [3.63, 3.8) is 0 Å². The van der Waals surface area contributed by atoms with E-state index in [1.165, 1.54) is 236 Å². The molecule has 0 spiro atoms. The minimum atomic E-state index is 0. The van der Waals surface area contributed by atoms with Crippen LogP contribution in [0.3, 0.4) is 0 Å². The maximum atomic E-state index is 10.3. The summed E-state index contributed by atoms with van der Waals surface area (Å²) in [7, 11) is 0. The molecule has 0 aromatic rings. The van der Waals surface area contributed by atoms with Gasteiger partial charge in [-0.15, -0.1) is 0 Å². The van der Waals surface area contributed by atoms with Gasteiger partial charge in [0.25, 0.3) is 0 Å². The van der Waals surface area contributed by atoms with Crippen LogP contribution in [0.4, 0.5) is 0 Å². The van der Waals surface area contributed by atoms with E-state index in [1.807, 2.05) is 0 Å². The lowest BCUT2D eigenvalue weighted by atomic mass is 10.0. The first-order valence-corrected chi connectivity index (χ1v) is 26.1. The molecular weight excluding hydrogens is 738 g/mol. The number of aliphatic hydroxyl groups is 1. The van der Waals surface area contributed by atoms with E-state index in [-0.39, 0.29) is 12.4 Å². The average Bonchev–Trinajstić information content (AvgIpc) is 3.23. The first-order valence-electron chi connectivity index (χ1n) is 26.1. The lowest BCUT2D eigenvalue weighted by Gasteiger charge is -2.39. The van der Waals surface area contributed by atoms with E-state index < -0.39 is 0 Å². The number of nitrogens with zero attached hydrogens (tertiary/aromatic N) is 1. The number of quaternary nitrogens is 1. The Morgan fingerprint density at radius 2 is 0.492 bits per heavy atom. The highest BCUT2D eigenvalue weighted by Gasteiger charge is 2.25. The molecule has 0 aliphatic heterocycles. The smallest absolute Gasteiger partial charge is 0.102 e. The Hall–Kier alpha value is -1.35.